The van der Waals surface area contributed by atoms with Gasteiger partial charge in [0.1, 0.15) is 0 Å². The third-order valence-corrected chi connectivity index (χ3v) is 5.08. The fraction of sp³-hybridized carbons (Fsp3) is 0. The lowest BCUT2D eigenvalue weighted by atomic mass is 10.1. The van der Waals surface area contributed by atoms with Crippen molar-refractivity contribution in [3.63, 3.8) is 0 Å². The highest BCUT2D eigenvalue weighted by molar-refractivity contribution is 7.82. The number of nitrogens with zero attached hydrogens (tertiary/aromatic N) is 1. The summed E-state index contributed by atoms with van der Waals surface area (Å²) < 4.78 is 6.17. The highest BCUT2D eigenvalue weighted by Crippen LogP contribution is 2.24. The van der Waals surface area contributed by atoms with Gasteiger partial charge in [-0.3, -0.25) is 4.79 Å². The summed E-state index contributed by atoms with van der Waals surface area (Å²) in [6.07, 6.45) is 3.06. The van der Waals surface area contributed by atoms with Crippen LogP contribution in [-0.2, 0) is 0 Å². The number of carboxylic acid groups (broad SMARTS) is 1. The van der Waals surface area contributed by atoms with Crippen LogP contribution in [0.1, 0.15) is 26.5 Å². The van der Waals surface area contributed by atoms with E-state index >= 15 is 0 Å². The molecule has 0 atom stereocenters. The maximum atomic E-state index is 12.5. The molecule has 32 heavy (non-hydrogen) atoms. The zero-order valence-corrected chi connectivity index (χ0v) is 17.4. The number of aromatic amines is 1. The van der Waals surface area contributed by atoms with Crippen molar-refractivity contribution in [1.82, 2.24) is 4.98 Å². The average molecular weight is 447 g/mol. The molecule has 0 unspecified atom stereocenters. The number of aromatic nitrogens is 1. The minimum atomic E-state index is -1.09. The average Bonchev–Trinajstić information content (AvgIpc) is 3.51. The van der Waals surface area contributed by atoms with E-state index in [-0.39, 0.29) is 17.1 Å². The summed E-state index contributed by atoms with van der Waals surface area (Å²) >= 11 is 4.17. The van der Waals surface area contributed by atoms with E-state index in [2.05, 4.69) is 23.1 Å². The van der Waals surface area contributed by atoms with Crippen molar-refractivity contribution in [2.75, 3.05) is 9.62 Å². The number of carbonyl (C=O) groups is 3. The summed E-state index contributed by atoms with van der Waals surface area (Å²) in [5, 5.41) is 11.8. The van der Waals surface area contributed by atoms with Crippen molar-refractivity contribution in [2.24, 2.45) is 0 Å². The van der Waals surface area contributed by atoms with Crippen LogP contribution in [0.15, 0.2) is 83.6 Å². The number of carbonyl (C=O) groups excluding carboxylic acids is 2. The SMILES string of the molecule is O=C(O)c1cccc(N(S)C(=O)Nc2ccc(-c3cc(C(=O)c4ccco4)c[nH]3)cc2)c1. The minimum absolute atomic E-state index is 0.0505. The molecular formula is C23H17N3O5S. The zero-order valence-electron chi connectivity index (χ0n) is 16.5. The molecule has 9 heteroatoms. The number of rotatable bonds is 6. The molecule has 2 heterocycles. The quantitative estimate of drug-likeness (QED) is 0.243. The molecule has 0 radical (unpaired) electrons. The molecule has 3 N–H and O–H groups in total. The van der Waals surface area contributed by atoms with Gasteiger partial charge in [0.25, 0.3) is 0 Å². The lowest BCUT2D eigenvalue weighted by molar-refractivity contribution is 0.0696. The van der Waals surface area contributed by atoms with Crippen LogP contribution in [0.3, 0.4) is 0 Å². The number of furan rings is 1. The summed E-state index contributed by atoms with van der Waals surface area (Å²) in [6, 6.07) is 17.3. The first-order chi connectivity index (χ1) is 15.4. The number of H-pyrrole nitrogens is 1. The molecule has 160 valence electrons. The largest absolute Gasteiger partial charge is 0.478 e. The molecule has 0 aliphatic rings. The minimum Gasteiger partial charge on any atom is -0.478 e. The molecule has 4 rings (SSSR count). The molecule has 0 aliphatic heterocycles. The number of aromatic carboxylic acids is 1. The third kappa shape index (κ3) is 4.42. The summed E-state index contributed by atoms with van der Waals surface area (Å²) in [4.78, 5) is 39.0. The van der Waals surface area contributed by atoms with Gasteiger partial charge in [0.05, 0.1) is 17.5 Å². The summed E-state index contributed by atoms with van der Waals surface area (Å²) in [6.45, 7) is 0. The molecule has 0 aliphatic carbocycles. The zero-order chi connectivity index (χ0) is 22.7. The Balaban J connectivity index is 1.44. The van der Waals surface area contributed by atoms with Crippen molar-refractivity contribution < 1.29 is 23.9 Å². The van der Waals surface area contributed by atoms with Crippen molar-refractivity contribution in [3.05, 3.63) is 96.1 Å². The molecule has 0 fully saturated rings. The van der Waals surface area contributed by atoms with Crippen LogP contribution < -0.4 is 9.62 Å². The Kier molecular flexibility index (Phi) is 5.82. The van der Waals surface area contributed by atoms with Gasteiger partial charge in [-0.1, -0.05) is 31.0 Å². The summed E-state index contributed by atoms with van der Waals surface area (Å²) in [5.41, 5.74) is 2.92. The predicted molar refractivity (Wildman–Crippen MR) is 122 cm³/mol. The fourth-order valence-electron chi connectivity index (χ4n) is 3.04. The number of benzene rings is 2. The second-order valence-electron chi connectivity index (χ2n) is 6.78. The van der Waals surface area contributed by atoms with E-state index in [9.17, 15) is 14.4 Å². The third-order valence-electron chi connectivity index (χ3n) is 4.67. The Labute approximate surface area is 188 Å². The molecule has 8 nitrogen and oxygen atoms in total. The lowest BCUT2D eigenvalue weighted by Gasteiger charge is -2.17. The number of amides is 2. The number of hydrogen-bond acceptors (Lipinski definition) is 5. The van der Waals surface area contributed by atoms with Gasteiger partial charge in [0.15, 0.2) is 5.76 Å². The summed E-state index contributed by atoms with van der Waals surface area (Å²) in [7, 11) is 0. The monoisotopic (exact) mass is 447 g/mol. The second kappa shape index (κ2) is 8.86. The van der Waals surface area contributed by atoms with Crippen LogP contribution in [0.4, 0.5) is 16.2 Å². The van der Waals surface area contributed by atoms with Crippen molar-refractivity contribution in [2.45, 2.75) is 0 Å². The van der Waals surface area contributed by atoms with E-state index in [0.717, 1.165) is 15.6 Å². The van der Waals surface area contributed by atoms with E-state index in [1.54, 1.807) is 54.7 Å². The summed E-state index contributed by atoms with van der Waals surface area (Å²) in [5.74, 6) is -1.05. The maximum absolute atomic E-state index is 12.5. The molecule has 4 aromatic rings. The van der Waals surface area contributed by atoms with Crippen LogP contribution in [0.25, 0.3) is 11.3 Å². The van der Waals surface area contributed by atoms with Crippen molar-refractivity contribution in [3.8, 4) is 11.3 Å². The van der Waals surface area contributed by atoms with Gasteiger partial charge in [-0.2, -0.15) is 0 Å². The van der Waals surface area contributed by atoms with E-state index in [0.29, 0.717) is 16.9 Å². The first-order valence-electron chi connectivity index (χ1n) is 9.43. The molecule has 0 saturated carbocycles. The molecular weight excluding hydrogens is 430 g/mol. The fourth-order valence-corrected chi connectivity index (χ4v) is 3.21. The van der Waals surface area contributed by atoms with E-state index in [1.165, 1.54) is 24.5 Å². The number of thiol groups is 1. The van der Waals surface area contributed by atoms with Crippen LogP contribution >= 0.6 is 12.8 Å². The first-order valence-corrected chi connectivity index (χ1v) is 9.83. The number of ketones is 1. The standard InChI is InChI=1S/C23H17N3O5S/c27-21(20-5-2-10-31-20)16-12-19(24-13-16)14-6-8-17(9-7-14)25-23(30)26(32)18-4-1-3-15(11-18)22(28)29/h1-13,24,32H,(H,25,30)(H,28,29). The van der Waals surface area contributed by atoms with E-state index in [1.807, 2.05) is 0 Å². The van der Waals surface area contributed by atoms with Gasteiger partial charge < -0.3 is 19.8 Å². The normalized spacial score (nSPS) is 10.5. The van der Waals surface area contributed by atoms with Gasteiger partial charge >= 0.3 is 12.0 Å². The molecule has 2 aromatic carbocycles. The smallest absolute Gasteiger partial charge is 0.336 e. The van der Waals surface area contributed by atoms with Gasteiger partial charge in [-0.05, 0) is 54.1 Å². The highest BCUT2D eigenvalue weighted by atomic mass is 32.1. The van der Waals surface area contributed by atoms with Crippen molar-refractivity contribution in [1.29, 1.82) is 0 Å². The Morgan fingerprint density at radius 3 is 2.44 bits per heavy atom. The maximum Gasteiger partial charge on any atom is 0.336 e. The van der Waals surface area contributed by atoms with E-state index < -0.39 is 12.0 Å². The van der Waals surface area contributed by atoms with Crippen LogP contribution in [-0.4, -0.2) is 27.9 Å². The Morgan fingerprint density at radius 2 is 1.75 bits per heavy atom. The number of urea groups is 1. The topological polar surface area (TPSA) is 116 Å². The molecule has 0 saturated heterocycles. The Bertz CT molecular complexity index is 1280. The van der Waals surface area contributed by atoms with Crippen LogP contribution in [0, 0.1) is 0 Å². The number of carboxylic acids is 1. The second-order valence-corrected chi connectivity index (χ2v) is 7.18. The Morgan fingerprint density at radius 1 is 0.969 bits per heavy atom. The van der Waals surface area contributed by atoms with Crippen molar-refractivity contribution >= 4 is 42.0 Å². The predicted octanol–water partition coefficient (Wildman–Crippen LogP) is 5.09. The van der Waals surface area contributed by atoms with Gasteiger partial charge in [-0.25, -0.2) is 13.9 Å². The number of nitrogens with one attached hydrogen (secondary N) is 2. The molecule has 2 amide bonds. The highest BCUT2D eigenvalue weighted by Gasteiger charge is 2.16. The molecule has 0 spiro atoms. The van der Waals surface area contributed by atoms with Crippen LogP contribution in [0.2, 0.25) is 0 Å². The van der Waals surface area contributed by atoms with Gasteiger partial charge in [0, 0.05) is 23.1 Å². The number of anilines is 2. The molecule has 2 aromatic heterocycles. The first kappa shape index (κ1) is 21.0. The number of hydrogen-bond donors (Lipinski definition) is 4. The Hall–Kier alpha value is -4.24. The van der Waals surface area contributed by atoms with Crippen LogP contribution in [0.5, 0.6) is 0 Å². The van der Waals surface area contributed by atoms with Gasteiger partial charge in [-0.15, -0.1) is 0 Å². The van der Waals surface area contributed by atoms with Gasteiger partial charge in [0.2, 0.25) is 5.78 Å². The lowest BCUT2D eigenvalue weighted by Crippen LogP contribution is -2.26. The van der Waals surface area contributed by atoms with E-state index in [4.69, 9.17) is 9.52 Å². The molecule has 0 bridgehead atoms.